The van der Waals surface area contributed by atoms with Gasteiger partial charge in [0.25, 0.3) is 0 Å². The van der Waals surface area contributed by atoms with E-state index in [1.54, 1.807) is 23.5 Å². The maximum absolute atomic E-state index is 12.4. The summed E-state index contributed by atoms with van der Waals surface area (Å²) >= 11 is 1.60. The Kier molecular flexibility index (Phi) is 8.13. The molecule has 3 aromatic carbocycles. The van der Waals surface area contributed by atoms with Gasteiger partial charge in [-0.1, -0.05) is 54.6 Å². The maximum atomic E-state index is 12.4. The number of carbonyl (C=O) groups is 1. The van der Waals surface area contributed by atoms with E-state index < -0.39 is 12.1 Å². The SMILES string of the molecule is Cc1c(-c2cc(C(=O)[O-])c3c(O[C@H](CCO)c4ccccc4)ccc(C)c3n2)sc2ccccc12.[Na+]. The van der Waals surface area contributed by atoms with E-state index in [1.807, 2.05) is 62.4 Å². The van der Waals surface area contributed by atoms with Gasteiger partial charge in [-0.05, 0) is 54.1 Å². The number of hydrogen-bond donors (Lipinski definition) is 1. The van der Waals surface area contributed by atoms with Crippen molar-refractivity contribution in [3.63, 3.8) is 0 Å². The molecule has 1 atom stereocenters. The van der Waals surface area contributed by atoms with Crippen LogP contribution < -0.4 is 39.4 Å². The molecule has 0 fully saturated rings. The van der Waals surface area contributed by atoms with E-state index in [1.165, 1.54) is 0 Å². The Labute approximate surface area is 235 Å². The van der Waals surface area contributed by atoms with Crippen molar-refractivity contribution in [1.82, 2.24) is 4.98 Å². The van der Waals surface area contributed by atoms with Crippen LogP contribution in [0.5, 0.6) is 5.75 Å². The maximum Gasteiger partial charge on any atom is 1.00 e. The van der Waals surface area contributed by atoms with Crippen LogP contribution in [0.4, 0.5) is 0 Å². The number of pyridine rings is 1. The number of thiophene rings is 1. The van der Waals surface area contributed by atoms with Crippen LogP contribution in [-0.4, -0.2) is 22.7 Å². The summed E-state index contributed by atoms with van der Waals surface area (Å²) in [6.07, 6.45) is -0.0711. The van der Waals surface area contributed by atoms with E-state index in [-0.39, 0.29) is 41.7 Å². The van der Waals surface area contributed by atoms with Crippen LogP contribution in [-0.2, 0) is 0 Å². The molecule has 0 radical (unpaired) electrons. The number of benzene rings is 3. The molecule has 0 saturated carbocycles. The molecule has 0 unspecified atom stereocenters. The van der Waals surface area contributed by atoms with Crippen LogP contribution in [0, 0.1) is 13.8 Å². The molecule has 0 spiro atoms. The van der Waals surface area contributed by atoms with Gasteiger partial charge in [0.05, 0.1) is 27.4 Å². The molecule has 2 aromatic heterocycles. The van der Waals surface area contributed by atoms with Crippen molar-refractivity contribution < 1.29 is 49.3 Å². The molecule has 176 valence electrons. The second-order valence-corrected chi connectivity index (χ2v) is 9.58. The third-order valence-corrected chi connectivity index (χ3v) is 7.55. The van der Waals surface area contributed by atoms with Gasteiger partial charge in [-0.2, -0.15) is 0 Å². The van der Waals surface area contributed by atoms with Crippen molar-refractivity contribution in [2.45, 2.75) is 26.4 Å². The van der Waals surface area contributed by atoms with Crippen molar-refractivity contribution in [1.29, 1.82) is 0 Å². The van der Waals surface area contributed by atoms with Gasteiger partial charge in [0.15, 0.2) is 0 Å². The van der Waals surface area contributed by atoms with E-state index in [2.05, 4.69) is 12.1 Å². The molecule has 5 rings (SSSR count). The number of carboxylic acid groups (broad SMARTS) is 1. The van der Waals surface area contributed by atoms with E-state index in [9.17, 15) is 15.0 Å². The number of ether oxygens (including phenoxy) is 1. The molecule has 36 heavy (non-hydrogen) atoms. The zero-order valence-electron chi connectivity index (χ0n) is 20.4. The Bertz CT molecular complexity index is 1550. The van der Waals surface area contributed by atoms with Crippen molar-refractivity contribution in [2.75, 3.05) is 6.61 Å². The van der Waals surface area contributed by atoms with Crippen LogP contribution in [0.15, 0.2) is 72.8 Å². The number of aliphatic hydroxyl groups excluding tert-OH is 1. The molecular weight excluding hydrogens is 481 g/mol. The van der Waals surface area contributed by atoms with Gasteiger partial charge >= 0.3 is 29.6 Å². The normalized spacial score (nSPS) is 11.9. The molecule has 2 heterocycles. The fourth-order valence-electron chi connectivity index (χ4n) is 4.47. The molecule has 5 nitrogen and oxygen atoms in total. The fraction of sp³-hybridized carbons (Fsp3) is 0.172. The largest absolute Gasteiger partial charge is 1.00 e. The number of rotatable bonds is 7. The molecule has 0 amide bonds. The zero-order chi connectivity index (χ0) is 24.5. The number of aromatic nitrogens is 1. The van der Waals surface area contributed by atoms with Gasteiger partial charge in [0.1, 0.15) is 11.9 Å². The summed E-state index contributed by atoms with van der Waals surface area (Å²) in [6.45, 7) is 3.87. The molecule has 5 aromatic rings. The first-order chi connectivity index (χ1) is 17.0. The average molecular weight is 506 g/mol. The summed E-state index contributed by atoms with van der Waals surface area (Å²) in [4.78, 5) is 18.2. The van der Waals surface area contributed by atoms with Crippen LogP contribution >= 0.6 is 11.3 Å². The van der Waals surface area contributed by atoms with Crippen molar-refractivity contribution in [3.8, 4) is 16.3 Å². The van der Waals surface area contributed by atoms with E-state index >= 15 is 0 Å². The smallest absolute Gasteiger partial charge is 0.545 e. The third kappa shape index (κ3) is 4.92. The summed E-state index contributed by atoms with van der Waals surface area (Å²) < 4.78 is 7.45. The van der Waals surface area contributed by atoms with Crippen LogP contribution in [0.1, 0.15) is 39.6 Å². The standard InChI is InChI=1S/C29H25NO4S.Na/c1-17-12-13-24(34-23(14-15-31)19-8-4-3-5-9-19)26-21(29(32)33)16-22(30-27(17)26)28-18(2)20-10-6-7-11-25(20)35-28;/h3-13,16,23,31H,14-15H2,1-2H3,(H,32,33);/q;+1/p-1/t23-;/m1./s1. The minimum atomic E-state index is -1.29. The zero-order valence-corrected chi connectivity index (χ0v) is 23.3. The number of carboxylic acids is 1. The van der Waals surface area contributed by atoms with Gasteiger partial charge in [-0.3, -0.25) is 0 Å². The first-order valence-corrected chi connectivity index (χ1v) is 12.3. The topological polar surface area (TPSA) is 82.5 Å². The van der Waals surface area contributed by atoms with Crippen molar-refractivity contribution >= 4 is 38.3 Å². The number of carbonyl (C=O) groups excluding carboxylic acids is 1. The predicted octanol–water partition coefficient (Wildman–Crippen LogP) is 2.60. The molecule has 0 aliphatic heterocycles. The molecule has 0 aliphatic rings. The monoisotopic (exact) mass is 505 g/mol. The van der Waals surface area contributed by atoms with Gasteiger partial charge < -0.3 is 19.7 Å². The summed E-state index contributed by atoms with van der Waals surface area (Å²) in [5.41, 5.74) is 4.01. The summed E-state index contributed by atoms with van der Waals surface area (Å²) in [5, 5.41) is 23.5. The van der Waals surface area contributed by atoms with Crippen molar-refractivity contribution in [3.05, 3.63) is 95.1 Å². The molecule has 0 saturated heterocycles. The van der Waals surface area contributed by atoms with Crippen molar-refractivity contribution in [2.24, 2.45) is 0 Å². The number of hydrogen-bond acceptors (Lipinski definition) is 6. The Hall–Kier alpha value is -2.74. The Morgan fingerprint density at radius 3 is 2.47 bits per heavy atom. The average Bonchev–Trinajstić information content (AvgIpc) is 3.21. The number of aromatic carboxylic acids is 1. The summed E-state index contributed by atoms with van der Waals surface area (Å²) in [7, 11) is 0. The Morgan fingerprint density at radius 2 is 1.78 bits per heavy atom. The van der Waals surface area contributed by atoms with Crippen LogP contribution in [0.2, 0.25) is 0 Å². The van der Waals surface area contributed by atoms with Gasteiger partial charge in [-0.25, -0.2) is 4.98 Å². The molecule has 0 bridgehead atoms. The molecule has 7 heteroatoms. The van der Waals surface area contributed by atoms with E-state index in [0.717, 1.165) is 31.7 Å². The predicted molar refractivity (Wildman–Crippen MR) is 138 cm³/mol. The third-order valence-electron chi connectivity index (χ3n) is 6.25. The molecule has 1 N–H and O–H groups in total. The van der Waals surface area contributed by atoms with Crippen LogP contribution in [0.25, 0.3) is 31.6 Å². The fourth-order valence-corrected chi connectivity index (χ4v) is 5.64. The van der Waals surface area contributed by atoms with Gasteiger partial charge in [-0.15, -0.1) is 11.3 Å². The molecule has 0 aliphatic carbocycles. The van der Waals surface area contributed by atoms with Gasteiger partial charge in [0, 0.05) is 23.3 Å². The first-order valence-electron chi connectivity index (χ1n) is 11.4. The second-order valence-electron chi connectivity index (χ2n) is 8.53. The van der Waals surface area contributed by atoms with Crippen LogP contribution in [0.3, 0.4) is 0 Å². The first kappa shape index (κ1) is 26.3. The minimum absolute atomic E-state index is 0. The number of fused-ring (bicyclic) bond motifs is 2. The minimum Gasteiger partial charge on any atom is -0.545 e. The number of aryl methyl sites for hydroxylation is 2. The summed E-state index contributed by atoms with van der Waals surface area (Å²) in [5.74, 6) is -0.884. The second kappa shape index (κ2) is 11.1. The quantitative estimate of drug-likeness (QED) is 0.344. The summed E-state index contributed by atoms with van der Waals surface area (Å²) in [6, 6.07) is 22.9. The van der Waals surface area contributed by atoms with E-state index in [0.29, 0.717) is 28.8 Å². The Balaban J connectivity index is 0.00000304. The number of nitrogens with zero attached hydrogens (tertiary/aromatic N) is 1. The van der Waals surface area contributed by atoms with Gasteiger partial charge in [0.2, 0.25) is 0 Å². The molecular formula is C29H24NNaO4S. The number of aliphatic hydroxyl groups is 1. The Morgan fingerprint density at radius 1 is 1.06 bits per heavy atom. The van der Waals surface area contributed by atoms with E-state index in [4.69, 9.17) is 9.72 Å².